The first-order valence-electron chi connectivity index (χ1n) is 19.5. The summed E-state index contributed by atoms with van der Waals surface area (Å²) in [5, 5.41) is 3.18. The zero-order valence-corrected chi connectivity index (χ0v) is 33.8. The Balaban J connectivity index is 0.000000185. The number of hydrogen-bond donors (Lipinski definition) is 2. The molecule has 3 aromatic rings. The van der Waals surface area contributed by atoms with Crippen LogP contribution in [0.5, 0.6) is 0 Å². The molecule has 0 amide bonds. The molecule has 9 fully saturated rings. The first-order chi connectivity index (χ1) is 24.6. The number of anilines is 2. The maximum absolute atomic E-state index is 9.19. The van der Waals surface area contributed by atoms with Crippen LogP contribution in [0.4, 0.5) is 11.4 Å². The van der Waals surface area contributed by atoms with Gasteiger partial charge in [0.15, 0.2) is 0 Å². The monoisotopic (exact) mass is 833 g/mol. The van der Waals surface area contributed by atoms with Gasteiger partial charge < -0.3 is 15.4 Å². The summed E-state index contributed by atoms with van der Waals surface area (Å²) in [7, 11) is -3.80. The molecule has 1 heterocycles. The second-order valence-corrected chi connectivity index (χ2v) is 21.8. The number of nitrogens with zero attached hydrogens (tertiary/aromatic N) is 1. The number of nitrogens with two attached hydrogens (primary N) is 1. The van der Waals surface area contributed by atoms with Gasteiger partial charge in [-0.15, -0.1) is 35.9 Å². The molecule has 0 spiro atoms. The molecular weight excluding hydrogens is 778 g/mol. The van der Waals surface area contributed by atoms with E-state index in [1.54, 1.807) is 82.7 Å². The predicted molar refractivity (Wildman–Crippen MR) is 210 cm³/mol. The summed E-state index contributed by atoms with van der Waals surface area (Å²) in [4.78, 5) is 2.72. The second-order valence-electron chi connectivity index (χ2n) is 17.3. The van der Waals surface area contributed by atoms with E-state index in [-0.39, 0.29) is 28.3 Å². The zero-order chi connectivity index (χ0) is 35.2. The average Bonchev–Trinajstić information content (AvgIpc) is 3.08. The van der Waals surface area contributed by atoms with Gasteiger partial charge in [-0.3, -0.25) is 4.55 Å². The van der Waals surface area contributed by atoms with Crippen LogP contribution in [0, 0.1) is 41.6 Å². The fraction of sp³-hybridized carbons (Fsp3) is 0.581. The van der Waals surface area contributed by atoms with Crippen LogP contribution >= 0.6 is 7.92 Å². The fourth-order valence-corrected chi connectivity index (χ4v) is 18.1. The molecule has 1 aliphatic heterocycles. The summed E-state index contributed by atoms with van der Waals surface area (Å²) in [5.41, 5.74) is 10.3. The second kappa shape index (κ2) is 15.8. The number of ether oxygens (including phenoxy) is 1. The van der Waals surface area contributed by atoms with Gasteiger partial charge in [-0.2, -0.15) is 8.42 Å². The molecule has 284 valence electrons. The van der Waals surface area contributed by atoms with Crippen LogP contribution < -0.4 is 15.9 Å². The SMILES string of the molecule is CS(=O)(=O)O.Nc1ccccc1-c1[c-]cccc1.[Pd].c1ccc(P(C23CC4CC(CC(C4)C2)C3)C23CC4CC(CC(C4)C2)C3)c(N2CCOCC2)c1. The first kappa shape index (κ1) is 38.5. The molecule has 6 nitrogen and oxygen atoms in total. The van der Waals surface area contributed by atoms with Crippen molar-refractivity contribution in [3.63, 3.8) is 0 Å². The van der Waals surface area contributed by atoms with Gasteiger partial charge in [0, 0.05) is 44.5 Å². The van der Waals surface area contributed by atoms with Crippen LogP contribution in [0.1, 0.15) is 77.0 Å². The van der Waals surface area contributed by atoms with Crippen LogP contribution in [-0.2, 0) is 35.3 Å². The minimum absolute atomic E-state index is 0. The summed E-state index contributed by atoms with van der Waals surface area (Å²) in [6.07, 6.45) is 19.7. The van der Waals surface area contributed by atoms with Crippen molar-refractivity contribution in [1.29, 1.82) is 0 Å². The van der Waals surface area contributed by atoms with Crippen LogP contribution in [-0.4, -0.2) is 55.8 Å². The number of rotatable bonds is 5. The molecule has 8 aliphatic carbocycles. The standard InChI is InChI=1S/C30H42NOP.C12H10N.CH4O3S.Pd/c1-2-4-28(27(3-1)31-5-7-32-8-6-31)33(29-15-21-9-22(16-29)11-23(10-21)17-29)30-18-24-12-25(19-30)14-26(13-24)20-30;13-12-9-5-4-8-11(12)10-6-2-1-3-7-10;1-5(2,3)4;/h1-4,21-26H,5-20H2;1-6,8-9H,13H2;1H3,(H,2,3,4);/q;-1;;. The third-order valence-corrected chi connectivity index (χ3v) is 17.2. The van der Waals surface area contributed by atoms with Gasteiger partial charge in [0.05, 0.1) is 19.5 Å². The summed E-state index contributed by atoms with van der Waals surface area (Å²) in [6.45, 7) is 3.98. The summed E-state index contributed by atoms with van der Waals surface area (Å²) >= 11 is 0. The van der Waals surface area contributed by atoms with Gasteiger partial charge in [0.25, 0.3) is 10.1 Å². The molecule has 3 aromatic carbocycles. The van der Waals surface area contributed by atoms with E-state index >= 15 is 0 Å². The molecule has 0 unspecified atom stereocenters. The molecule has 12 rings (SSSR count). The first-order valence-corrected chi connectivity index (χ1v) is 22.7. The molecule has 0 aromatic heterocycles. The molecule has 0 atom stereocenters. The number of para-hydroxylation sites is 2. The maximum Gasteiger partial charge on any atom is 0.261 e. The van der Waals surface area contributed by atoms with Crippen molar-refractivity contribution in [2.75, 3.05) is 43.2 Å². The van der Waals surface area contributed by atoms with E-state index < -0.39 is 10.1 Å². The molecule has 52 heavy (non-hydrogen) atoms. The molecule has 8 bridgehead atoms. The van der Waals surface area contributed by atoms with Crippen molar-refractivity contribution in [3.05, 3.63) is 78.9 Å². The Kier molecular flexibility index (Phi) is 11.7. The van der Waals surface area contributed by atoms with E-state index in [4.69, 9.17) is 15.0 Å². The molecule has 8 saturated carbocycles. The molecule has 9 heteroatoms. The summed E-state index contributed by atoms with van der Waals surface area (Å²) in [6, 6.07) is 28.7. The van der Waals surface area contributed by atoms with E-state index in [9.17, 15) is 8.42 Å². The quantitative estimate of drug-likeness (QED) is 0.0879. The third-order valence-electron chi connectivity index (χ3n) is 13.4. The Morgan fingerprint density at radius 1 is 0.731 bits per heavy atom. The van der Waals surface area contributed by atoms with E-state index in [0.29, 0.717) is 16.6 Å². The van der Waals surface area contributed by atoms with Crippen LogP contribution in [0.25, 0.3) is 11.1 Å². The molecule has 0 radical (unpaired) electrons. The molecular formula is C43H56N2O4PPdS-. The minimum Gasteiger partial charge on any atom is -0.406 e. The average molecular weight is 834 g/mol. The largest absolute Gasteiger partial charge is 0.406 e. The number of benzene rings is 3. The Hall–Kier alpha value is -1.78. The Labute approximate surface area is 327 Å². The molecule has 3 N–H and O–H groups in total. The third kappa shape index (κ3) is 8.24. The van der Waals surface area contributed by atoms with Gasteiger partial charge in [0.1, 0.15) is 0 Å². The van der Waals surface area contributed by atoms with Crippen molar-refractivity contribution in [2.45, 2.75) is 87.4 Å². The Morgan fingerprint density at radius 3 is 1.63 bits per heavy atom. The number of nitrogen functional groups attached to an aromatic ring is 1. The van der Waals surface area contributed by atoms with E-state index in [1.807, 2.05) is 53.8 Å². The van der Waals surface area contributed by atoms with Crippen molar-refractivity contribution >= 4 is 34.7 Å². The minimum atomic E-state index is -3.67. The van der Waals surface area contributed by atoms with Gasteiger partial charge in [0.2, 0.25) is 0 Å². The van der Waals surface area contributed by atoms with Crippen LogP contribution in [0.2, 0.25) is 0 Å². The number of morpholine rings is 1. The van der Waals surface area contributed by atoms with E-state index in [1.165, 1.54) is 0 Å². The van der Waals surface area contributed by atoms with Crippen LogP contribution in [0.3, 0.4) is 0 Å². The van der Waals surface area contributed by atoms with Crippen molar-refractivity contribution < 1.29 is 38.1 Å². The van der Waals surface area contributed by atoms with Crippen molar-refractivity contribution in [2.24, 2.45) is 35.5 Å². The van der Waals surface area contributed by atoms with E-state index in [0.717, 1.165) is 78.6 Å². The van der Waals surface area contributed by atoms with Crippen molar-refractivity contribution in [1.82, 2.24) is 0 Å². The Bertz CT molecular complexity index is 1660. The molecule has 1 saturated heterocycles. The van der Waals surface area contributed by atoms with Crippen molar-refractivity contribution in [3.8, 4) is 11.1 Å². The van der Waals surface area contributed by atoms with Gasteiger partial charge in [-0.25, -0.2) is 0 Å². The Morgan fingerprint density at radius 2 is 1.17 bits per heavy atom. The summed E-state index contributed by atoms with van der Waals surface area (Å²) < 4.78 is 31.7. The maximum atomic E-state index is 9.19. The number of hydrogen-bond acceptors (Lipinski definition) is 5. The normalized spacial score (nSPS) is 34.3. The smallest absolute Gasteiger partial charge is 0.261 e. The van der Waals surface area contributed by atoms with Gasteiger partial charge in [-0.1, -0.05) is 49.9 Å². The zero-order valence-electron chi connectivity index (χ0n) is 30.6. The fourth-order valence-electron chi connectivity index (χ4n) is 12.7. The van der Waals surface area contributed by atoms with Crippen LogP contribution in [0.15, 0.2) is 72.8 Å². The van der Waals surface area contributed by atoms with Gasteiger partial charge >= 0.3 is 0 Å². The van der Waals surface area contributed by atoms with Gasteiger partial charge in [-0.05, 0) is 141 Å². The summed E-state index contributed by atoms with van der Waals surface area (Å²) in [5.74, 6) is 6.37. The predicted octanol–water partition coefficient (Wildman–Crippen LogP) is 8.81. The molecule has 9 aliphatic rings. The topological polar surface area (TPSA) is 92.9 Å². The van der Waals surface area contributed by atoms with E-state index in [2.05, 4.69) is 35.2 Å².